The molecule has 1 amide bonds. The Kier molecular flexibility index (Phi) is 6.22. The molecule has 1 aromatic heterocycles. The molecule has 5 rings (SSSR count). The number of nitrogens with zero attached hydrogens (tertiary/aromatic N) is 5. The number of thioether (sulfide) groups is 1. The third-order valence-electron chi connectivity index (χ3n) is 6.02. The first-order chi connectivity index (χ1) is 16.5. The number of amides is 1. The van der Waals surface area contributed by atoms with Gasteiger partial charge in [0.15, 0.2) is 5.16 Å². The first kappa shape index (κ1) is 22.7. The number of hydrogen-bond donors (Lipinski definition) is 0. The van der Waals surface area contributed by atoms with Crippen LogP contribution in [-0.4, -0.2) is 65.9 Å². The molecule has 0 spiro atoms. The van der Waals surface area contributed by atoms with Crippen LogP contribution in [0, 0.1) is 0 Å². The van der Waals surface area contributed by atoms with Gasteiger partial charge in [0.05, 0.1) is 18.4 Å². The fourth-order valence-corrected chi connectivity index (χ4v) is 6.90. The van der Waals surface area contributed by atoms with Crippen molar-refractivity contribution in [3.63, 3.8) is 0 Å². The minimum absolute atomic E-state index is 0.0400. The van der Waals surface area contributed by atoms with E-state index in [1.165, 1.54) is 24.2 Å². The molecule has 0 unspecified atom stereocenters. The van der Waals surface area contributed by atoms with Gasteiger partial charge < -0.3 is 9.64 Å². The maximum Gasteiger partial charge on any atom is 0.269 e. The summed E-state index contributed by atoms with van der Waals surface area (Å²) < 4.78 is 34.2. The molecule has 2 aliphatic heterocycles. The molecule has 0 atom stereocenters. The molecule has 3 heterocycles. The molecule has 34 heavy (non-hydrogen) atoms. The third-order valence-corrected chi connectivity index (χ3v) is 8.77. The number of carbonyl (C=O) groups excluding carboxylic acids is 1. The number of hydrogen-bond acceptors (Lipinski definition) is 8. The summed E-state index contributed by atoms with van der Waals surface area (Å²) >= 11 is 1.36. The fraction of sp³-hybridized carbons (Fsp3) is 0.348. The van der Waals surface area contributed by atoms with Crippen molar-refractivity contribution in [1.82, 2.24) is 19.1 Å². The topological polar surface area (TPSA) is 97.6 Å². The number of piperidine rings is 1. The Morgan fingerprint density at radius 1 is 1.00 bits per heavy atom. The van der Waals surface area contributed by atoms with Gasteiger partial charge in [0, 0.05) is 25.4 Å². The first-order valence-electron chi connectivity index (χ1n) is 11.1. The van der Waals surface area contributed by atoms with Crippen LogP contribution in [0.4, 0.5) is 5.95 Å². The predicted octanol–water partition coefficient (Wildman–Crippen LogP) is 3.20. The predicted molar refractivity (Wildman–Crippen MR) is 129 cm³/mol. The van der Waals surface area contributed by atoms with Crippen molar-refractivity contribution in [2.24, 2.45) is 0 Å². The number of methoxy groups -OCH3 is 1. The number of ether oxygens (including phenoxy) is 1. The molecule has 178 valence electrons. The highest BCUT2D eigenvalue weighted by Gasteiger charge is 2.40. The van der Waals surface area contributed by atoms with Crippen molar-refractivity contribution in [3.05, 3.63) is 54.1 Å². The van der Waals surface area contributed by atoms with E-state index in [-0.39, 0.29) is 17.0 Å². The quantitative estimate of drug-likeness (QED) is 0.457. The fourth-order valence-electron chi connectivity index (χ4n) is 4.35. The van der Waals surface area contributed by atoms with E-state index in [1.54, 1.807) is 25.3 Å². The molecule has 11 heteroatoms. The monoisotopic (exact) mass is 499 g/mol. The van der Waals surface area contributed by atoms with Crippen LogP contribution in [0.1, 0.15) is 29.6 Å². The van der Waals surface area contributed by atoms with Crippen molar-refractivity contribution in [2.45, 2.75) is 29.3 Å². The van der Waals surface area contributed by atoms with E-state index in [0.29, 0.717) is 16.7 Å². The van der Waals surface area contributed by atoms with E-state index in [0.717, 1.165) is 41.9 Å². The Bertz CT molecular complexity index is 1320. The molecule has 0 N–H and O–H groups in total. The Hall–Kier alpha value is -3.05. The van der Waals surface area contributed by atoms with E-state index in [1.807, 2.05) is 28.8 Å². The van der Waals surface area contributed by atoms with Crippen molar-refractivity contribution >= 4 is 33.6 Å². The number of sulfonamides is 1. The van der Waals surface area contributed by atoms with E-state index in [9.17, 15) is 13.2 Å². The van der Waals surface area contributed by atoms with Gasteiger partial charge in [0.25, 0.3) is 15.9 Å². The lowest BCUT2D eigenvalue weighted by atomic mass is 10.1. The van der Waals surface area contributed by atoms with Crippen LogP contribution in [0.15, 0.2) is 58.6 Å². The van der Waals surface area contributed by atoms with Crippen LogP contribution in [-0.2, 0) is 10.0 Å². The SMILES string of the molecule is COc1ccccc1-n1c(SCCN2C(=O)c3ccccc3S2(=O)=O)nnc1N1CCCCC1. The van der Waals surface area contributed by atoms with Crippen molar-refractivity contribution in [1.29, 1.82) is 0 Å². The minimum atomic E-state index is -3.84. The number of carbonyl (C=O) groups is 1. The maximum atomic E-state index is 12.9. The second-order valence-electron chi connectivity index (χ2n) is 8.06. The van der Waals surface area contributed by atoms with Crippen LogP contribution in [0.2, 0.25) is 0 Å². The smallest absolute Gasteiger partial charge is 0.269 e. The molecule has 2 aliphatic rings. The summed E-state index contributed by atoms with van der Waals surface area (Å²) in [4.78, 5) is 15.0. The Balaban J connectivity index is 1.41. The summed E-state index contributed by atoms with van der Waals surface area (Å²) in [6, 6.07) is 14.0. The summed E-state index contributed by atoms with van der Waals surface area (Å²) in [6.07, 6.45) is 3.38. The largest absolute Gasteiger partial charge is 0.495 e. The lowest BCUT2D eigenvalue weighted by Crippen LogP contribution is -2.32. The standard InChI is InChI=1S/C23H25N5O4S2/c1-32-19-11-5-4-10-18(19)28-22(26-13-7-2-8-14-26)24-25-23(28)33-16-15-27-21(29)17-9-3-6-12-20(17)34(27,30)31/h3-6,9-12H,2,7-8,13-16H2,1H3. The zero-order chi connectivity index (χ0) is 23.7. The van der Waals surface area contributed by atoms with Crippen molar-refractivity contribution in [3.8, 4) is 11.4 Å². The highest BCUT2D eigenvalue weighted by Crippen LogP contribution is 2.34. The molecule has 0 bridgehead atoms. The van der Waals surface area contributed by atoms with Gasteiger partial charge in [-0.25, -0.2) is 12.7 Å². The Morgan fingerprint density at radius 2 is 1.74 bits per heavy atom. The number of anilines is 1. The maximum absolute atomic E-state index is 12.9. The Morgan fingerprint density at radius 3 is 2.50 bits per heavy atom. The second-order valence-corrected chi connectivity index (χ2v) is 11.0. The summed E-state index contributed by atoms with van der Waals surface area (Å²) in [5.74, 6) is 1.28. The zero-order valence-corrected chi connectivity index (χ0v) is 20.4. The first-order valence-corrected chi connectivity index (χ1v) is 13.6. The number of benzene rings is 2. The molecule has 0 aliphatic carbocycles. The highest BCUT2D eigenvalue weighted by molar-refractivity contribution is 7.99. The van der Waals surface area contributed by atoms with E-state index < -0.39 is 15.9 Å². The molecule has 3 aromatic rings. The summed E-state index contributed by atoms with van der Waals surface area (Å²) in [5.41, 5.74) is 1.03. The molecular weight excluding hydrogens is 474 g/mol. The average Bonchev–Trinajstić information content (AvgIpc) is 3.37. The summed E-state index contributed by atoms with van der Waals surface area (Å²) in [5, 5.41) is 9.53. The molecule has 9 nitrogen and oxygen atoms in total. The van der Waals surface area contributed by atoms with Gasteiger partial charge in [0.2, 0.25) is 5.95 Å². The van der Waals surface area contributed by atoms with Gasteiger partial charge in [-0.05, 0) is 43.5 Å². The minimum Gasteiger partial charge on any atom is -0.495 e. The van der Waals surface area contributed by atoms with Gasteiger partial charge in [-0.3, -0.25) is 9.36 Å². The van der Waals surface area contributed by atoms with Crippen LogP contribution in [0.3, 0.4) is 0 Å². The lowest BCUT2D eigenvalue weighted by molar-refractivity contribution is 0.0876. The van der Waals surface area contributed by atoms with Gasteiger partial charge in [0.1, 0.15) is 10.6 Å². The normalized spacial score (nSPS) is 17.1. The lowest BCUT2D eigenvalue weighted by Gasteiger charge is -2.28. The van der Waals surface area contributed by atoms with Gasteiger partial charge in [-0.1, -0.05) is 36.0 Å². The van der Waals surface area contributed by atoms with Crippen molar-refractivity contribution < 1.29 is 17.9 Å². The van der Waals surface area contributed by atoms with E-state index in [4.69, 9.17) is 4.74 Å². The molecule has 2 aromatic carbocycles. The second kappa shape index (κ2) is 9.30. The highest BCUT2D eigenvalue weighted by atomic mass is 32.2. The Labute approximate surface area is 202 Å². The van der Waals surface area contributed by atoms with E-state index in [2.05, 4.69) is 15.1 Å². The molecule has 0 saturated carbocycles. The molecular formula is C23H25N5O4S2. The van der Waals surface area contributed by atoms with Crippen molar-refractivity contribution in [2.75, 3.05) is 37.4 Å². The van der Waals surface area contributed by atoms with Crippen LogP contribution in [0.5, 0.6) is 5.75 Å². The number of para-hydroxylation sites is 2. The van der Waals surface area contributed by atoms with E-state index >= 15 is 0 Å². The van der Waals surface area contributed by atoms with Gasteiger partial charge in [-0.2, -0.15) is 0 Å². The van der Waals surface area contributed by atoms with Crippen LogP contribution >= 0.6 is 11.8 Å². The molecule has 0 radical (unpaired) electrons. The number of fused-ring (bicyclic) bond motifs is 1. The van der Waals surface area contributed by atoms with Gasteiger partial charge in [-0.15, -0.1) is 10.2 Å². The van der Waals surface area contributed by atoms with Crippen LogP contribution < -0.4 is 9.64 Å². The number of aromatic nitrogens is 3. The van der Waals surface area contributed by atoms with Gasteiger partial charge >= 0.3 is 0 Å². The molecule has 1 saturated heterocycles. The zero-order valence-electron chi connectivity index (χ0n) is 18.8. The number of rotatable bonds is 7. The summed E-state index contributed by atoms with van der Waals surface area (Å²) in [6.45, 7) is 1.84. The summed E-state index contributed by atoms with van der Waals surface area (Å²) in [7, 11) is -2.21. The van der Waals surface area contributed by atoms with Crippen LogP contribution in [0.25, 0.3) is 5.69 Å². The molecule has 1 fully saturated rings. The third kappa shape index (κ3) is 3.92. The average molecular weight is 500 g/mol.